The lowest BCUT2D eigenvalue weighted by Crippen LogP contribution is -2.51. The molecule has 1 unspecified atom stereocenters. The fourth-order valence-electron chi connectivity index (χ4n) is 3.67. The molecule has 1 saturated heterocycles. The van der Waals surface area contributed by atoms with E-state index in [-0.39, 0.29) is 5.82 Å². The van der Waals surface area contributed by atoms with Gasteiger partial charge in [0.1, 0.15) is 5.82 Å². The molecule has 158 valence electrons. The minimum absolute atomic E-state index is 0.164. The highest BCUT2D eigenvalue weighted by Gasteiger charge is 2.21. The summed E-state index contributed by atoms with van der Waals surface area (Å²) in [5.41, 5.74) is 2.89. The Morgan fingerprint density at radius 3 is 2.90 bits per heavy atom. The number of halogens is 1. The summed E-state index contributed by atoms with van der Waals surface area (Å²) < 4.78 is 15.8. The number of aliphatic imine (C=N–C) groups is 1. The van der Waals surface area contributed by atoms with E-state index in [1.165, 1.54) is 0 Å². The summed E-state index contributed by atoms with van der Waals surface area (Å²) in [6.07, 6.45) is 6.18. The van der Waals surface area contributed by atoms with E-state index in [9.17, 15) is 4.39 Å². The number of benzene rings is 1. The first-order valence-corrected chi connectivity index (χ1v) is 10.1. The van der Waals surface area contributed by atoms with Crippen LogP contribution in [0.5, 0.6) is 0 Å². The van der Waals surface area contributed by atoms with Crippen LogP contribution in [-0.2, 0) is 20.1 Å². The van der Waals surface area contributed by atoms with Crippen LogP contribution < -0.4 is 15.5 Å². The van der Waals surface area contributed by atoms with Gasteiger partial charge in [0.2, 0.25) is 0 Å². The normalized spacial score (nSPS) is 17.7. The number of aromatic nitrogens is 2. The van der Waals surface area contributed by atoms with Crippen LogP contribution in [0.4, 0.5) is 10.1 Å². The zero-order valence-electron chi connectivity index (χ0n) is 17.8. The fourth-order valence-corrected chi connectivity index (χ4v) is 3.67. The Morgan fingerprint density at radius 1 is 1.38 bits per heavy atom. The van der Waals surface area contributed by atoms with Crippen molar-refractivity contribution < 1.29 is 4.39 Å². The lowest BCUT2D eigenvalue weighted by molar-refractivity contribution is 0.392. The first-order valence-electron chi connectivity index (χ1n) is 10.1. The van der Waals surface area contributed by atoms with Crippen LogP contribution in [0.25, 0.3) is 0 Å². The van der Waals surface area contributed by atoms with Gasteiger partial charge in [-0.15, -0.1) is 0 Å². The molecule has 1 aromatic carbocycles. The number of hydrogen-bond donors (Lipinski definition) is 2. The molecule has 2 aromatic rings. The zero-order valence-corrected chi connectivity index (χ0v) is 17.8. The Morgan fingerprint density at radius 2 is 2.21 bits per heavy atom. The molecule has 0 saturated carbocycles. The summed E-state index contributed by atoms with van der Waals surface area (Å²) in [4.78, 5) is 8.69. The van der Waals surface area contributed by atoms with E-state index >= 15 is 0 Å². The number of nitrogens with one attached hydrogen (secondary N) is 2. The molecule has 0 spiro atoms. The van der Waals surface area contributed by atoms with E-state index in [4.69, 9.17) is 0 Å². The summed E-state index contributed by atoms with van der Waals surface area (Å²) in [5.74, 6) is 0.601. The van der Waals surface area contributed by atoms with E-state index in [0.29, 0.717) is 24.7 Å². The third kappa shape index (κ3) is 5.93. The zero-order chi connectivity index (χ0) is 20.8. The molecule has 0 amide bonds. The maximum absolute atomic E-state index is 14.0. The van der Waals surface area contributed by atoms with Crippen LogP contribution in [0.3, 0.4) is 0 Å². The monoisotopic (exact) mass is 401 g/mol. The quantitative estimate of drug-likeness (QED) is 0.572. The minimum Gasteiger partial charge on any atom is -0.367 e. The molecular weight excluding hydrogens is 369 g/mol. The number of nitrogens with zero attached hydrogens (tertiary/aromatic N) is 5. The number of aryl methyl sites for hydroxylation is 1. The summed E-state index contributed by atoms with van der Waals surface area (Å²) in [6, 6.07) is 5.59. The summed E-state index contributed by atoms with van der Waals surface area (Å²) >= 11 is 0. The number of hydrogen-bond acceptors (Lipinski definition) is 4. The molecule has 1 aliphatic rings. The number of rotatable bonds is 6. The topological polar surface area (TPSA) is 60.7 Å². The van der Waals surface area contributed by atoms with E-state index in [1.54, 1.807) is 13.1 Å². The highest BCUT2D eigenvalue weighted by Crippen LogP contribution is 2.19. The van der Waals surface area contributed by atoms with Crippen molar-refractivity contribution in [2.75, 3.05) is 39.1 Å². The van der Waals surface area contributed by atoms with Crippen LogP contribution in [0.15, 0.2) is 35.6 Å². The maximum Gasteiger partial charge on any atom is 0.191 e. The average molecular weight is 402 g/mol. The molecule has 3 rings (SSSR count). The largest absolute Gasteiger partial charge is 0.367 e. The summed E-state index contributed by atoms with van der Waals surface area (Å²) in [5, 5.41) is 11.2. The minimum atomic E-state index is -0.164. The van der Waals surface area contributed by atoms with Crippen molar-refractivity contribution in [2.45, 2.75) is 32.0 Å². The summed E-state index contributed by atoms with van der Waals surface area (Å²) in [6.45, 7) is 3.13. The van der Waals surface area contributed by atoms with E-state index in [0.717, 1.165) is 43.1 Å². The Labute approximate surface area is 172 Å². The second kappa shape index (κ2) is 9.73. The average Bonchev–Trinajstić information content (AvgIpc) is 3.13. The second-order valence-corrected chi connectivity index (χ2v) is 7.89. The molecule has 0 radical (unpaired) electrons. The van der Waals surface area contributed by atoms with Crippen molar-refractivity contribution >= 4 is 11.6 Å². The molecule has 7 nitrogen and oxygen atoms in total. The van der Waals surface area contributed by atoms with Gasteiger partial charge in [-0.3, -0.25) is 9.67 Å². The fraction of sp³-hybridized carbons (Fsp3) is 0.524. The van der Waals surface area contributed by atoms with Crippen LogP contribution in [0.1, 0.15) is 24.0 Å². The second-order valence-electron chi connectivity index (χ2n) is 7.89. The van der Waals surface area contributed by atoms with Crippen LogP contribution in [-0.4, -0.2) is 60.9 Å². The van der Waals surface area contributed by atoms with Gasteiger partial charge in [0, 0.05) is 58.1 Å². The van der Waals surface area contributed by atoms with Gasteiger partial charge in [-0.1, -0.05) is 6.07 Å². The van der Waals surface area contributed by atoms with E-state index < -0.39 is 0 Å². The lowest BCUT2D eigenvalue weighted by atomic mass is 10.1. The molecule has 1 aliphatic heterocycles. The predicted octanol–water partition coefficient (Wildman–Crippen LogP) is 1.95. The van der Waals surface area contributed by atoms with Crippen LogP contribution in [0.2, 0.25) is 0 Å². The Balaban J connectivity index is 1.55. The Kier molecular flexibility index (Phi) is 7.09. The number of anilines is 1. The molecule has 2 heterocycles. The summed E-state index contributed by atoms with van der Waals surface area (Å²) in [7, 11) is 7.59. The van der Waals surface area contributed by atoms with E-state index in [2.05, 4.69) is 31.8 Å². The SMILES string of the molecule is CN=C(NCc1ccc(F)c(CN(C)C)c1)NC1CCCN(c2cnn(C)c2)C1. The van der Waals surface area contributed by atoms with Gasteiger partial charge in [-0.2, -0.15) is 5.10 Å². The van der Waals surface area contributed by atoms with Crippen LogP contribution >= 0.6 is 0 Å². The van der Waals surface area contributed by atoms with Crippen molar-refractivity contribution in [1.29, 1.82) is 0 Å². The molecule has 1 fully saturated rings. The van der Waals surface area contributed by atoms with Crippen molar-refractivity contribution in [3.63, 3.8) is 0 Å². The molecule has 0 bridgehead atoms. The Hall–Kier alpha value is -2.61. The Bertz CT molecular complexity index is 830. The smallest absolute Gasteiger partial charge is 0.191 e. The molecule has 1 atom stereocenters. The van der Waals surface area contributed by atoms with Crippen LogP contribution in [0, 0.1) is 5.82 Å². The first-order chi connectivity index (χ1) is 13.9. The number of piperidine rings is 1. The van der Waals surface area contributed by atoms with Gasteiger partial charge in [-0.25, -0.2) is 4.39 Å². The van der Waals surface area contributed by atoms with Crippen molar-refractivity contribution in [2.24, 2.45) is 12.0 Å². The molecular formula is C21H32FN7. The first kappa shape index (κ1) is 21.1. The maximum atomic E-state index is 14.0. The van der Waals surface area contributed by atoms with Gasteiger partial charge in [0.15, 0.2) is 5.96 Å². The van der Waals surface area contributed by atoms with Gasteiger partial charge in [-0.05, 0) is 44.6 Å². The van der Waals surface area contributed by atoms with Gasteiger partial charge in [0.25, 0.3) is 0 Å². The highest BCUT2D eigenvalue weighted by molar-refractivity contribution is 5.80. The predicted molar refractivity (Wildman–Crippen MR) is 116 cm³/mol. The van der Waals surface area contributed by atoms with Gasteiger partial charge < -0.3 is 20.4 Å². The third-order valence-corrected chi connectivity index (χ3v) is 5.10. The third-order valence-electron chi connectivity index (χ3n) is 5.10. The molecule has 2 N–H and O–H groups in total. The molecule has 1 aromatic heterocycles. The van der Waals surface area contributed by atoms with Gasteiger partial charge in [0.05, 0.1) is 11.9 Å². The number of guanidine groups is 1. The van der Waals surface area contributed by atoms with E-state index in [1.807, 2.05) is 49.1 Å². The highest BCUT2D eigenvalue weighted by atomic mass is 19.1. The van der Waals surface area contributed by atoms with Crippen molar-refractivity contribution in [1.82, 2.24) is 25.3 Å². The lowest BCUT2D eigenvalue weighted by Gasteiger charge is -2.34. The standard InChI is InChI=1S/C21H32FN7/c1-23-21(24-11-16-7-8-20(22)17(10-16)13-27(2)3)26-18-6-5-9-29(14-18)19-12-25-28(4)15-19/h7-8,10,12,15,18H,5-6,9,11,13-14H2,1-4H3,(H2,23,24,26). The molecule has 0 aliphatic carbocycles. The van der Waals surface area contributed by atoms with Crippen molar-refractivity contribution in [3.05, 3.63) is 47.5 Å². The van der Waals surface area contributed by atoms with Crippen molar-refractivity contribution in [3.8, 4) is 0 Å². The molecule has 8 heteroatoms. The van der Waals surface area contributed by atoms with Gasteiger partial charge >= 0.3 is 0 Å². The molecule has 29 heavy (non-hydrogen) atoms.